The van der Waals surface area contributed by atoms with Gasteiger partial charge in [-0.3, -0.25) is 9.59 Å². The van der Waals surface area contributed by atoms with Crippen LogP contribution in [0.5, 0.6) is 0 Å². The molecule has 0 fully saturated rings. The second-order valence-electron chi connectivity index (χ2n) is 24.8. The Bertz CT molecular complexity index is 2230. The number of unbranched alkanes of at least 4 members (excludes halogenated alkanes) is 18. The first-order valence-electron chi connectivity index (χ1n) is 36.6. The normalized spacial score (nSPS) is 13.9. The van der Waals surface area contributed by atoms with Gasteiger partial charge in [-0.2, -0.15) is 0 Å². The van der Waals surface area contributed by atoms with Crippen molar-refractivity contribution >= 4 is 17.9 Å². The number of allylic oxidation sites excluding steroid dienone is 32. The van der Waals surface area contributed by atoms with Gasteiger partial charge in [0.1, 0.15) is 13.2 Å². The van der Waals surface area contributed by atoms with Gasteiger partial charge in [0.25, 0.3) is 6.29 Å². The quantitative estimate of drug-likeness (QED) is 0.0211. The maximum Gasteiger partial charge on any atom is 0.361 e. The smallest absolute Gasteiger partial charge is 0.361 e. The Morgan fingerprint density at radius 2 is 0.581 bits per heavy atom. The molecule has 522 valence electrons. The number of likely N-dealkylation sites (N-methyl/N-ethyl adjacent to an activating group) is 1. The summed E-state index contributed by atoms with van der Waals surface area (Å²) in [5.74, 6) is -2.04. The Morgan fingerprint density at radius 1 is 0.323 bits per heavy atom. The summed E-state index contributed by atoms with van der Waals surface area (Å²) >= 11 is 0. The Labute approximate surface area is 570 Å². The maximum absolute atomic E-state index is 13.0. The first-order valence-corrected chi connectivity index (χ1v) is 36.6. The predicted octanol–water partition coefficient (Wildman–Crippen LogP) is 23.4. The highest BCUT2D eigenvalue weighted by Gasteiger charge is 2.25. The van der Waals surface area contributed by atoms with E-state index in [9.17, 15) is 19.5 Å². The van der Waals surface area contributed by atoms with Crippen LogP contribution in [0.3, 0.4) is 0 Å². The number of quaternary nitrogens is 1. The first-order chi connectivity index (χ1) is 45.6. The zero-order valence-corrected chi connectivity index (χ0v) is 59.6. The molecule has 0 aromatic carbocycles. The average molecular weight is 1290 g/mol. The lowest BCUT2D eigenvalue weighted by molar-refractivity contribution is -0.870. The lowest BCUT2D eigenvalue weighted by atomic mass is 10.0. The number of hydrogen-bond donors (Lipinski definition) is 1. The molecule has 0 saturated heterocycles. The molecule has 0 aliphatic carbocycles. The van der Waals surface area contributed by atoms with E-state index in [4.69, 9.17) is 18.9 Å². The minimum Gasteiger partial charge on any atom is -0.477 e. The molecule has 0 amide bonds. The van der Waals surface area contributed by atoms with Gasteiger partial charge in [0.2, 0.25) is 0 Å². The summed E-state index contributed by atoms with van der Waals surface area (Å²) in [6, 6.07) is 0. The number of nitrogens with zero attached hydrogens (tertiary/aromatic N) is 1. The van der Waals surface area contributed by atoms with E-state index in [-0.39, 0.29) is 38.6 Å². The van der Waals surface area contributed by atoms with E-state index in [1.807, 2.05) is 21.1 Å². The highest BCUT2D eigenvalue weighted by molar-refractivity contribution is 5.71. The number of esters is 2. The number of aliphatic carboxylic acids is 1. The molecule has 9 heteroatoms. The fourth-order valence-corrected chi connectivity index (χ4v) is 9.34. The molecule has 0 aromatic heterocycles. The number of carbonyl (C=O) groups excluding carboxylic acids is 2. The third-order valence-electron chi connectivity index (χ3n) is 14.8. The minimum atomic E-state index is -1.53. The van der Waals surface area contributed by atoms with Crippen LogP contribution in [0.25, 0.3) is 0 Å². The molecule has 93 heavy (non-hydrogen) atoms. The van der Waals surface area contributed by atoms with Crippen LogP contribution in [-0.2, 0) is 33.3 Å². The molecule has 0 heterocycles. The molecule has 0 bridgehead atoms. The Kier molecular flexibility index (Phi) is 67.4. The summed E-state index contributed by atoms with van der Waals surface area (Å²) in [6.45, 7) is 4.62. The lowest BCUT2D eigenvalue weighted by Crippen LogP contribution is -2.40. The van der Waals surface area contributed by atoms with Crippen molar-refractivity contribution in [3.05, 3.63) is 194 Å². The van der Waals surface area contributed by atoms with Crippen molar-refractivity contribution in [2.45, 2.75) is 270 Å². The number of ether oxygens (including phenoxy) is 4. The monoisotopic (exact) mass is 1290 g/mol. The maximum atomic E-state index is 13.0. The van der Waals surface area contributed by atoms with Crippen molar-refractivity contribution in [2.75, 3.05) is 47.5 Å². The van der Waals surface area contributed by atoms with Gasteiger partial charge in [0.15, 0.2) is 6.10 Å². The molecule has 0 saturated carbocycles. The first kappa shape index (κ1) is 87.1. The van der Waals surface area contributed by atoms with Gasteiger partial charge in [-0.25, -0.2) is 4.79 Å². The molecule has 2 atom stereocenters. The van der Waals surface area contributed by atoms with E-state index in [2.05, 4.69) is 208 Å². The number of carbonyl (C=O) groups is 3. The van der Waals surface area contributed by atoms with Crippen molar-refractivity contribution in [1.29, 1.82) is 0 Å². The van der Waals surface area contributed by atoms with E-state index < -0.39 is 24.3 Å². The van der Waals surface area contributed by atoms with Crippen LogP contribution in [-0.4, -0.2) is 87.4 Å². The van der Waals surface area contributed by atoms with E-state index in [1.54, 1.807) is 0 Å². The standard InChI is InChI=1S/C84H133NO8/c1-6-8-10-12-14-16-18-20-22-24-26-28-30-32-34-36-37-38-39-40-41-42-43-44-45-47-49-51-53-55-57-59-61-63-65-67-69-71-73-75-82(87)93-80(79-92-84(83(88)89)90-77-76-85(3,4)5)78-91-81(86)74-72-70-68-66-64-62-60-58-56-54-52-50-48-46-35-33-31-29-27-25-23-21-19-17-15-13-11-9-7-2/h8-11,14-17,20-23,26-29,32-35,37-38,40-41,43-44,47-50,54,56,80,84H,6-7,12-13,18-19,24-25,30-31,36,39,42,45-46,51-53,55,57-79H2,1-5H3/p+1/b10-8-,11-9-,16-14-,17-15-,22-20-,23-21-,28-26-,29-27-,34-32-,35-33-,38-37-,41-40-,44-43-,49-47-,50-48-,56-54-. The molecule has 2 unspecified atom stereocenters. The molecule has 0 spiro atoms. The summed E-state index contributed by atoms with van der Waals surface area (Å²) in [5, 5.41) is 9.76. The summed E-state index contributed by atoms with van der Waals surface area (Å²) < 4.78 is 23.0. The average Bonchev–Trinajstić information content (AvgIpc) is 3.38. The fraction of sp³-hybridized carbons (Fsp3) is 0.583. The Morgan fingerprint density at radius 3 is 0.860 bits per heavy atom. The Balaban J connectivity index is 4.19. The summed E-state index contributed by atoms with van der Waals surface area (Å²) in [4.78, 5) is 37.7. The third-order valence-corrected chi connectivity index (χ3v) is 14.8. The van der Waals surface area contributed by atoms with Gasteiger partial charge in [0, 0.05) is 12.8 Å². The second kappa shape index (κ2) is 72.0. The molecule has 0 aromatic rings. The fourth-order valence-electron chi connectivity index (χ4n) is 9.34. The van der Waals surface area contributed by atoms with Crippen molar-refractivity contribution < 1.29 is 42.9 Å². The van der Waals surface area contributed by atoms with Crippen molar-refractivity contribution in [1.82, 2.24) is 0 Å². The highest BCUT2D eigenvalue weighted by atomic mass is 16.7. The van der Waals surface area contributed by atoms with Crippen LogP contribution in [0, 0.1) is 0 Å². The molecular weight excluding hydrogens is 1150 g/mol. The van der Waals surface area contributed by atoms with Gasteiger partial charge < -0.3 is 28.5 Å². The minimum absolute atomic E-state index is 0.175. The molecule has 0 radical (unpaired) electrons. The van der Waals surface area contributed by atoms with E-state index in [0.717, 1.165) is 161 Å². The van der Waals surface area contributed by atoms with Crippen molar-refractivity contribution in [3.8, 4) is 0 Å². The number of carboxylic acid groups (broad SMARTS) is 1. The molecule has 0 aliphatic heterocycles. The molecule has 0 aliphatic rings. The van der Waals surface area contributed by atoms with Crippen molar-refractivity contribution in [2.24, 2.45) is 0 Å². The van der Waals surface area contributed by atoms with Crippen LogP contribution < -0.4 is 0 Å². The third kappa shape index (κ3) is 73.4. The molecular formula is C84H134NO8+. The van der Waals surface area contributed by atoms with Crippen LogP contribution in [0.15, 0.2) is 194 Å². The zero-order valence-electron chi connectivity index (χ0n) is 59.6. The van der Waals surface area contributed by atoms with Gasteiger partial charge in [-0.05, 0) is 141 Å². The SMILES string of the molecule is CC/C=C\C/C=C\C/C=C\C/C=C\C/C=C\C/C=C\C/C=C\C/C=C\C/C=C\CCCCCCCCCCCCCC(=O)OC(COC(=O)CCCCCCCCC/C=C\C/C=C\C/C=C\C/C=C\C/C=C\C/C=C\C/C=C\CC)COC(OCC[N+](C)(C)C)C(=O)O. The van der Waals surface area contributed by atoms with Gasteiger partial charge in [-0.1, -0.05) is 298 Å². The van der Waals surface area contributed by atoms with Crippen molar-refractivity contribution in [3.63, 3.8) is 0 Å². The molecule has 9 nitrogen and oxygen atoms in total. The van der Waals surface area contributed by atoms with Crippen LogP contribution in [0.4, 0.5) is 0 Å². The van der Waals surface area contributed by atoms with Gasteiger partial charge in [-0.15, -0.1) is 0 Å². The number of hydrogen-bond acceptors (Lipinski definition) is 7. The zero-order chi connectivity index (χ0) is 67.5. The second-order valence-corrected chi connectivity index (χ2v) is 24.8. The lowest BCUT2D eigenvalue weighted by Gasteiger charge is -2.25. The Hall–Kier alpha value is -5.87. The molecule has 1 N–H and O–H groups in total. The number of rotatable bonds is 65. The largest absolute Gasteiger partial charge is 0.477 e. The van der Waals surface area contributed by atoms with Crippen LogP contribution in [0.1, 0.15) is 258 Å². The van der Waals surface area contributed by atoms with E-state index in [0.29, 0.717) is 17.4 Å². The predicted molar refractivity (Wildman–Crippen MR) is 400 cm³/mol. The van der Waals surface area contributed by atoms with E-state index >= 15 is 0 Å². The van der Waals surface area contributed by atoms with E-state index in [1.165, 1.54) is 64.2 Å². The summed E-state index contributed by atoms with van der Waals surface area (Å²) in [5.41, 5.74) is 0. The van der Waals surface area contributed by atoms with Gasteiger partial charge >= 0.3 is 17.9 Å². The van der Waals surface area contributed by atoms with Crippen LogP contribution in [0.2, 0.25) is 0 Å². The van der Waals surface area contributed by atoms with Gasteiger partial charge in [0.05, 0.1) is 34.4 Å². The van der Waals surface area contributed by atoms with Crippen LogP contribution >= 0.6 is 0 Å². The molecule has 0 rings (SSSR count). The summed E-state index contributed by atoms with van der Waals surface area (Å²) in [6.07, 6.45) is 108. The highest BCUT2D eigenvalue weighted by Crippen LogP contribution is 2.16. The summed E-state index contributed by atoms with van der Waals surface area (Å²) in [7, 11) is 5.96. The number of carboxylic acids is 1. The topological polar surface area (TPSA) is 108 Å².